The molecule has 0 aliphatic carbocycles. The van der Waals surface area contributed by atoms with Gasteiger partial charge in [-0.1, -0.05) is 36.4 Å². The van der Waals surface area contributed by atoms with Crippen molar-refractivity contribution in [3.63, 3.8) is 0 Å². The van der Waals surface area contributed by atoms with E-state index in [-0.39, 0.29) is 5.57 Å². The van der Waals surface area contributed by atoms with Crippen LogP contribution in [-0.2, 0) is 4.79 Å². The zero-order valence-corrected chi connectivity index (χ0v) is 15.3. The summed E-state index contributed by atoms with van der Waals surface area (Å²) in [4.78, 5) is 13.6. The SMILES string of the molecule is CN(C)CCOc1ccc(/C=C(\C(=O)O)c2ccccc2)cc1Br. The number of carbonyl (C=O) groups is 1. The van der Waals surface area contributed by atoms with Gasteiger partial charge >= 0.3 is 5.97 Å². The van der Waals surface area contributed by atoms with Crippen molar-refractivity contribution < 1.29 is 14.6 Å². The molecule has 2 rings (SSSR count). The van der Waals surface area contributed by atoms with Gasteiger partial charge in [-0.3, -0.25) is 0 Å². The van der Waals surface area contributed by atoms with Crippen molar-refractivity contribution in [2.24, 2.45) is 0 Å². The summed E-state index contributed by atoms with van der Waals surface area (Å²) in [5.74, 6) is -0.214. The molecule has 2 aromatic carbocycles. The van der Waals surface area contributed by atoms with Crippen LogP contribution < -0.4 is 4.74 Å². The first kappa shape index (κ1) is 18.2. The molecule has 2 aromatic rings. The molecule has 0 aromatic heterocycles. The van der Waals surface area contributed by atoms with Crippen LogP contribution >= 0.6 is 15.9 Å². The van der Waals surface area contributed by atoms with Gasteiger partial charge in [-0.05, 0) is 59.4 Å². The Bertz CT molecular complexity index is 727. The number of likely N-dealkylation sites (N-methyl/N-ethyl adjacent to an activating group) is 1. The smallest absolute Gasteiger partial charge is 0.336 e. The van der Waals surface area contributed by atoms with Crippen LogP contribution in [0.1, 0.15) is 11.1 Å². The van der Waals surface area contributed by atoms with Crippen LogP contribution in [0.25, 0.3) is 11.6 Å². The highest BCUT2D eigenvalue weighted by molar-refractivity contribution is 9.10. The van der Waals surface area contributed by atoms with Crippen molar-refractivity contribution in [1.82, 2.24) is 4.90 Å². The van der Waals surface area contributed by atoms with Gasteiger partial charge in [0.25, 0.3) is 0 Å². The molecule has 24 heavy (non-hydrogen) atoms. The quantitative estimate of drug-likeness (QED) is 0.573. The van der Waals surface area contributed by atoms with Gasteiger partial charge in [0.05, 0.1) is 10.0 Å². The van der Waals surface area contributed by atoms with E-state index < -0.39 is 5.97 Å². The standard InChI is InChI=1S/C19H20BrNO3/c1-21(2)10-11-24-18-9-8-14(13-17(18)20)12-16(19(22)23)15-6-4-3-5-7-15/h3-9,12-13H,10-11H2,1-2H3,(H,22,23)/b16-12-. The summed E-state index contributed by atoms with van der Waals surface area (Å²) in [6.07, 6.45) is 1.66. The third-order valence-electron chi connectivity index (χ3n) is 3.38. The van der Waals surface area contributed by atoms with Crippen molar-refractivity contribution in [2.75, 3.05) is 27.2 Å². The average molecular weight is 390 g/mol. The Kier molecular flexibility index (Phi) is 6.58. The monoisotopic (exact) mass is 389 g/mol. The zero-order valence-electron chi connectivity index (χ0n) is 13.7. The maximum absolute atomic E-state index is 11.6. The van der Waals surface area contributed by atoms with Crippen LogP contribution in [0, 0.1) is 0 Å². The second-order valence-corrected chi connectivity index (χ2v) is 6.43. The molecule has 0 saturated carbocycles. The van der Waals surface area contributed by atoms with E-state index in [0.29, 0.717) is 12.2 Å². The number of hydrogen-bond acceptors (Lipinski definition) is 3. The van der Waals surface area contributed by atoms with Crippen LogP contribution in [0.3, 0.4) is 0 Å². The summed E-state index contributed by atoms with van der Waals surface area (Å²) in [6.45, 7) is 1.41. The highest BCUT2D eigenvalue weighted by Crippen LogP contribution is 2.28. The molecule has 0 atom stereocenters. The number of ether oxygens (including phenoxy) is 1. The van der Waals surface area contributed by atoms with E-state index in [0.717, 1.165) is 22.3 Å². The fraction of sp³-hybridized carbons (Fsp3) is 0.211. The molecular formula is C19H20BrNO3. The van der Waals surface area contributed by atoms with Crippen LogP contribution in [0.5, 0.6) is 5.75 Å². The molecule has 0 fully saturated rings. The van der Waals surface area contributed by atoms with Gasteiger partial charge < -0.3 is 14.7 Å². The summed E-state index contributed by atoms with van der Waals surface area (Å²) in [5.41, 5.74) is 1.72. The fourth-order valence-corrected chi connectivity index (χ4v) is 2.63. The largest absolute Gasteiger partial charge is 0.491 e. The Morgan fingerprint density at radius 1 is 1.21 bits per heavy atom. The number of rotatable bonds is 7. The van der Waals surface area contributed by atoms with E-state index in [2.05, 4.69) is 15.9 Å². The molecule has 0 unspecified atom stereocenters. The minimum atomic E-state index is -0.955. The number of hydrogen-bond donors (Lipinski definition) is 1. The van der Waals surface area contributed by atoms with Gasteiger partial charge in [-0.25, -0.2) is 4.79 Å². The first-order valence-electron chi connectivity index (χ1n) is 7.55. The second kappa shape index (κ2) is 8.66. The number of nitrogens with zero attached hydrogens (tertiary/aromatic N) is 1. The Balaban J connectivity index is 2.22. The van der Waals surface area contributed by atoms with Crippen molar-refractivity contribution >= 4 is 33.5 Å². The summed E-state index contributed by atoms with van der Waals surface area (Å²) in [7, 11) is 3.98. The van der Waals surface area contributed by atoms with Crippen LogP contribution in [-0.4, -0.2) is 43.2 Å². The van der Waals surface area contributed by atoms with Crippen molar-refractivity contribution in [2.45, 2.75) is 0 Å². The lowest BCUT2D eigenvalue weighted by Crippen LogP contribution is -2.19. The highest BCUT2D eigenvalue weighted by Gasteiger charge is 2.11. The maximum Gasteiger partial charge on any atom is 0.336 e. The average Bonchev–Trinajstić information content (AvgIpc) is 2.54. The number of benzene rings is 2. The van der Waals surface area contributed by atoms with Crippen molar-refractivity contribution in [1.29, 1.82) is 0 Å². The van der Waals surface area contributed by atoms with Crippen LogP contribution in [0.2, 0.25) is 0 Å². The van der Waals surface area contributed by atoms with E-state index in [1.165, 1.54) is 0 Å². The Labute approximate surface area is 150 Å². The highest BCUT2D eigenvalue weighted by atomic mass is 79.9. The summed E-state index contributed by atoms with van der Waals surface area (Å²) >= 11 is 3.48. The molecular weight excluding hydrogens is 370 g/mol. The molecule has 1 N–H and O–H groups in total. The lowest BCUT2D eigenvalue weighted by Gasteiger charge is -2.12. The van der Waals surface area contributed by atoms with Gasteiger partial charge in [0, 0.05) is 6.54 Å². The Morgan fingerprint density at radius 2 is 1.92 bits per heavy atom. The van der Waals surface area contributed by atoms with Gasteiger partial charge in [-0.15, -0.1) is 0 Å². The van der Waals surface area contributed by atoms with E-state index >= 15 is 0 Å². The number of aliphatic carboxylic acids is 1. The van der Waals surface area contributed by atoms with Crippen LogP contribution in [0.4, 0.5) is 0 Å². The summed E-state index contributed by atoms with van der Waals surface area (Å²) < 4.78 is 6.51. The molecule has 4 nitrogen and oxygen atoms in total. The lowest BCUT2D eigenvalue weighted by molar-refractivity contribution is -0.130. The lowest BCUT2D eigenvalue weighted by atomic mass is 10.0. The number of carboxylic acids is 1. The number of carboxylic acid groups (broad SMARTS) is 1. The molecule has 0 spiro atoms. The molecule has 0 bridgehead atoms. The van der Waals surface area contributed by atoms with E-state index in [1.54, 1.807) is 18.2 Å². The first-order valence-corrected chi connectivity index (χ1v) is 8.34. The van der Waals surface area contributed by atoms with Gasteiger partial charge in [0.15, 0.2) is 0 Å². The molecule has 5 heteroatoms. The predicted octanol–water partition coefficient (Wildman–Crippen LogP) is 4.01. The van der Waals surface area contributed by atoms with E-state index in [1.807, 2.05) is 55.4 Å². The minimum absolute atomic E-state index is 0.253. The van der Waals surface area contributed by atoms with E-state index in [9.17, 15) is 9.90 Å². The van der Waals surface area contributed by atoms with Gasteiger partial charge in [-0.2, -0.15) is 0 Å². The van der Waals surface area contributed by atoms with Crippen molar-refractivity contribution in [3.05, 3.63) is 64.1 Å². The predicted molar refractivity (Wildman–Crippen MR) is 100 cm³/mol. The Morgan fingerprint density at radius 3 is 2.50 bits per heavy atom. The molecule has 0 radical (unpaired) electrons. The second-order valence-electron chi connectivity index (χ2n) is 5.57. The zero-order chi connectivity index (χ0) is 17.5. The van der Waals surface area contributed by atoms with Crippen LogP contribution in [0.15, 0.2) is 53.0 Å². The maximum atomic E-state index is 11.6. The normalized spacial score (nSPS) is 11.6. The molecule has 0 saturated heterocycles. The fourth-order valence-electron chi connectivity index (χ4n) is 2.12. The molecule has 0 aliphatic heterocycles. The molecule has 0 aliphatic rings. The van der Waals surface area contributed by atoms with Crippen molar-refractivity contribution in [3.8, 4) is 5.75 Å². The number of halogens is 1. The summed E-state index contributed by atoms with van der Waals surface area (Å²) in [5, 5.41) is 9.47. The Hall–Kier alpha value is -2.11. The van der Waals surface area contributed by atoms with E-state index in [4.69, 9.17) is 4.74 Å². The first-order chi connectivity index (χ1) is 11.5. The molecule has 0 amide bonds. The third kappa shape index (κ3) is 5.22. The van der Waals surface area contributed by atoms with Gasteiger partial charge in [0.1, 0.15) is 12.4 Å². The minimum Gasteiger partial charge on any atom is -0.491 e. The summed E-state index contributed by atoms with van der Waals surface area (Å²) in [6, 6.07) is 14.6. The molecule has 0 heterocycles. The third-order valence-corrected chi connectivity index (χ3v) is 4.00. The topological polar surface area (TPSA) is 49.8 Å². The molecule has 126 valence electrons. The van der Waals surface area contributed by atoms with Gasteiger partial charge in [0.2, 0.25) is 0 Å².